The Morgan fingerprint density at radius 3 is 2.57 bits per heavy atom. The fourth-order valence-corrected chi connectivity index (χ4v) is 2.94. The van der Waals surface area contributed by atoms with Gasteiger partial charge in [0.1, 0.15) is 17.0 Å². The van der Waals surface area contributed by atoms with Crippen molar-refractivity contribution in [2.24, 2.45) is 12.8 Å². The van der Waals surface area contributed by atoms with Gasteiger partial charge < -0.3 is 11.1 Å². The van der Waals surface area contributed by atoms with Gasteiger partial charge in [0.2, 0.25) is 0 Å². The monoisotopic (exact) mass is 393 g/mol. The Bertz CT molecular complexity index is 1110. The summed E-state index contributed by atoms with van der Waals surface area (Å²) in [6, 6.07) is 0.964. The summed E-state index contributed by atoms with van der Waals surface area (Å²) in [5.41, 5.74) is 4.16. The van der Waals surface area contributed by atoms with Crippen LogP contribution in [0, 0.1) is 0 Å². The number of nitrogens with two attached hydrogens (primary N) is 1. The van der Waals surface area contributed by atoms with Gasteiger partial charge in [0, 0.05) is 18.7 Å². The first-order chi connectivity index (χ1) is 13.2. The molecule has 3 aromatic rings. The Labute approximate surface area is 155 Å². The minimum absolute atomic E-state index is 0.0359. The lowest BCUT2D eigenvalue weighted by atomic mass is 10.2. The number of aromatic nitrogens is 5. The molecule has 9 nitrogen and oxygen atoms in total. The van der Waals surface area contributed by atoms with Crippen LogP contribution in [-0.4, -0.2) is 36.2 Å². The number of halogens is 3. The molecule has 0 aromatic carbocycles. The molecule has 28 heavy (non-hydrogen) atoms. The van der Waals surface area contributed by atoms with Crippen molar-refractivity contribution in [3.63, 3.8) is 0 Å². The molecule has 1 aliphatic rings. The molecule has 1 saturated carbocycles. The smallest absolute Gasteiger partial charge is 0.364 e. The van der Waals surface area contributed by atoms with E-state index < -0.39 is 23.7 Å². The van der Waals surface area contributed by atoms with E-state index in [-0.39, 0.29) is 34.2 Å². The maximum atomic E-state index is 13.4. The van der Waals surface area contributed by atoms with Crippen LogP contribution in [0.15, 0.2) is 18.5 Å². The number of primary amides is 1. The van der Waals surface area contributed by atoms with Crippen LogP contribution >= 0.6 is 0 Å². The van der Waals surface area contributed by atoms with E-state index in [0.717, 1.165) is 25.1 Å². The second-order valence-electron chi connectivity index (χ2n) is 6.48. The topological polar surface area (TPSA) is 120 Å². The molecule has 3 heterocycles. The zero-order valence-corrected chi connectivity index (χ0v) is 14.5. The summed E-state index contributed by atoms with van der Waals surface area (Å²) in [6.07, 6.45) is -0.952. The van der Waals surface area contributed by atoms with Crippen molar-refractivity contribution in [3.05, 3.63) is 41.1 Å². The molecule has 4 rings (SSSR count). The second kappa shape index (κ2) is 6.04. The molecular formula is C16H14F3N7O2. The Morgan fingerprint density at radius 1 is 1.25 bits per heavy atom. The fraction of sp³-hybridized carbons (Fsp3) is 0.312. The molecule has 3 N–H and O–H groups in total. The number of hydrogen-bond acceptors (Lipinski definition) is 5. The molecule has 1 aliphatic carbocycles. The van der Waals surface area contributed by atoms with E-state index >= 15 is 0 Å². The van der Waals surface area contributed by atoms with Gasteiger partial charge >= 0.3 is 6.18 Å². The lowest BCUT2D eigenvalue weighted by Gasteiger charge is -2.11. The Kier molecular flexibility index (Phi) is 3.87. The number of hydrogen-bond donors (Lipinski definition) is 2. The largest absolute Gasteiger partial charge is 0.433 e. The van der Waals surface area contributed by atoms with Gasteiger partial charge in [0.25, 0.3) is 11.8 Å². The molecule has 1 fully saturated rings. The molecule has 0 saturated heterocycles. The number of fused-ring (bicyclic) bond motifs is 1. The summed E-state index contributed by atoms with van der Waals surface area (Å²) in [4.78, 5) is 28.4. The van der Waals surface area contributed by atoms with Gasteiger partial charge in [-0.05, 0) is 18.9 Å². The van der Waals surface area contributed by atoms with Crippen LogP contribution in [0.2, 0.25) is 0 Å². The van der Waals surface area contributed by atoms with E-state index in [0.29, 0.717) is 4.52 Å². The van der Waals surface area contributed by atoms with Crippen LogP contribution in [0.5, 0.6) is 0 Å². The average Bonchev–Trinajstić information content (AvgIpc) is 3.26. The summed E-state index contributed by atoms with van der Waals surface area (Å²) >= 11 is 0. The van der Waals surface area contributed by atoms with Gasteiger partial charge in [-0.1, -0.05) is 0 Å². The van der Waals surface area contributed by atoms with Crippen LogP contribution in [0.25, 0.3) is 5.65 Å². The lowest BCUT2D eigenvalue weighted by molar-refractivity contribution is -0.142. The van der Waals surface area contributed by atoms with Gasteiger partial charge in [-0.3, -0.25) is 14.3 Å². The quantitative estimate of drug-likeness (QED) is 0.699. The Morgan fingerprint density at radius 2 is 1.96 bits per heavy atom. The minimum atomic E-state index is -4.66. The van der Waals surface area contributed by atoms with Crippen LogP contribution in [-0.2, 0) is 13.2 Å². The zero-order chi connectivity index (χ0) is 20.2. The Hall–Kier alpha value is -3.44. The van der Waals surface area contributed by atoms with E-state index in [2.05, 4.69) is 20.5 Å². The number of nitrogens with zero attached hydrogens (tertiary/aromatic N) is 5. The zero-order valence-electron chi connectivity index (χ0n) is 14.5. The average molecular weight is 393 g/mol. The predicted molar refractivity (Wildman–Crippen MR) is 89.6 cm³/mol. The summed E-state index contributed by atoms with van der Waals surface area (Å²) in [7, 11) is 1.46. The van der Waals surface area contributed by atoms with Gasteiger partial charge in [-0.15, -0.1) is 0 Å². The highest BCUT2D eigenvalue weighted by Gasteiger charge is 2.38. The number of carbonyl (C=O) groups is 2. The summed E-state index contributed by atoms with van der Waals surface area (Å²) in [5.74, 6) is -1.65. The van der Waals surface area contributed by atoms with Gasteiger partial charge in [-0.2, -0.15) is 23.4 Å². The highest BCUT2D eigenvalue weighted by molar-refractivity contribution is 6.10. The maximum absolute atomic E-state index is 13.4. The van der Waals surface area contributed by atoms with Crippen molar-refractivity contribution in [2.45, 2.75) is 24.9 Å². The summed E-state index contributed by atoms with van der Waals surface area (Å²) in [6.45, 7) is 0. The standard InChI is InChI=1S/C16H14F3N7O2/c1-25-12(13(20)27)10(6-21-25)24-15(28)8-5-22-26-11(16(17,18)19)4-9(7-2-3-7)23-14(8)26/h4-7H,2-3H2,1H3,(H2,20,27)(H,24,28). The number of amides is 2. The molecular weight excluding hydrogens is 379 g/mol. The van der Waals surface area contributed by atoms with E-state index in [1.165, 1.54) is 17.9 Å². The number of alkyl halides is 3. The molecule has 146 valence electrons. The third kappa shape index (κ3) is 2.96. The molecule has 0 bridgehead atoms. The first-order valence-electron chi connectivity index (χ1n) is 8.26. The third-order valence-electron chi connectivity index (χ3n) is 4.44. The summed E-state index contributed by atoms with van der Waals surface area (Å²) in [5, 5.41) is 9.97. The van der Waals surface area contributed by atoms with Crippen LogP contribution in [0.1, 0.15) is 51.0 Å². The number of rotatable bonds is 4. The minimum Gasteiger partial charge on any atom is -0.364 e. The number of aryl methyl sites for hydroxylation is 1. The second-order valence-corrected chi connectivity index (χ2v) is 6.48. The first kappa shape index (κ1) is 17.9. The molecule has 0 aliphatic heterocycles. The van der Waals surface area contributed by atoms with E-state index in [9.17, 15) is 22.8 Å². The molecule has 0 atom stereocenters. The first-order valence-corrected chi connectivity index (χ1v) is 8.26. The third-order valence-corrected chi connectivity index (χ3v) is 4.44. The van der Waals surface area contributed by atoms with Crippen molar-refractivity contribution in [2.75, 3.05) is 5.32 Å². The normalized spacial score (nSPS) is 14.4. The molecule has 12 heteroatoms. The van der Waals surface area contributed by atoms with Gasteiger partial charge in [0.05, 0.1) is 18.1 Å². The van der Waals surface area contributed by atoms with Crippen LogP contribution < -0.4 is 11.1 Å². The van der Waals surface area contributed by atoms with E-state index in [1.54, 1.807) is 0 Å². The van der Waals surface area contributed by atoms with Crippen molar-refractivity contribution in [1.82, 2.24) is 24.4 Å². The summed E-state index contributed by atoms with van der Waals surface area (Å²) < 4.78 is 42.1. The molecule has 2 amide bonds. The van der Waals surface area contributed by atoms with E-state index in [1.807, 2.05) is 0 Å². The highest BCUT2D eigenvalue weighted by Crippen LogP contribution is 2.41. The molecule has 0 radical (unpaired) electrons. The predicted octanol–water partition coefficient (Wildman–Crippen LogP) is 1.71. The van der Waals surface area contributed by atoms with Gasteiger partial charge in [0.15, 0.2) is 5.65 Å². The molecule has 3 aromatic heterocycles. The lowest BCUT2D eigenvalue weighted by Crippen LogP contribution is -2.20. The number of nitrogens with one attached hydrogen (secondary N) is 1. The fourth-order valence-electron chi connectivity index (χ4n) is 2.94. The maximum Gasteiger partial charge on any atom is 0.433 e. The van der Waals surface area contributed by atoms with Gasteiger partial charge in [-0.25, -0.2) is 9.50 Å². The molecule has 0 spiro atoms. The highest BCUT2D eigenvalue weighted by atomic mass is 19.4. The van der Waals surface area contributed by atoms with Crippen LogP contribution in [0.3, 0.4) is 0 Å². The number of carbonyl (C=O) groups excluding carboxylic acids is 2. The van der Waals surface area contributed by atoms with Crippen molar-refractivity contribution < 1.29 is 22.8 Å². The van der Waals surface area contributed by atoms with E-state index in [4.69, 9.17) is 5.73 Å². The van der Waals surface area contributed by atoms with Crippen molar-refractivity contribution >= 4 is 23.1 Å². The van der Waals surface area contributed by atoms with Crippen LogP contribution in [0.4, 0.5) is 18.9 Å². The molecule has 0 unspecified atom stereocenters. The van der Waals surface area contributed by atoms with Crippen molar-refractivity contribution in [3.8, 4) is 0 Å². The van der Waals surface area contributed by atoms with Crippen molar-refractivity contribution in [1.29, 1.82) is 0 Å². The SMILES string of the molecule is Cn1ncc(NC(=O)c2cnn3c(C(F)(F)F)cc(C4CC4)nc23)c1C(N)=O. The number of anilines is 1. The Balaban J connectivity index is 1.78.